The van der Waals surface area contributed by atoms with Crippen LogP contribution in [0.2, 0.25) is 0 Å². The molecule has 0 fully saturated rings. The van der Waals surface area contributed by atoms with E-state index >= 15 is 0 Å². The highest BCUT2D eigenvalue weighted by Gasteiger charge is 2.14. The Morgan fingerprint density at radius 3 is 2.60 bits per heavy atom. The van der Waals surface area contributed by atoms with Gasteiger partial charge in [-0.05, 0) is 47.9 Å². The van der Waals surface area contributed by atoms with Crippen molar-refractivity contribution in [1.82, 2.24) is 0 Å². The second kappa shape index (κ2) is 3.88. The van der Waals surface area contributed by atoms with Crippen molar-refractivity contribution in [3.05, 3.63) is 29.3 Å². The Morgan fingerprint density at radius 1 is 1.13 bits per heavy atom. The van der Waals surface area contributed by atoms with E-state index in [9.17, 15) is 0 Å². The molecule has 0 amide bonds. The van der Waals surface area contributed by atoms with Gasteiger partial charge in [0.15, 0.2) is 0 Å². The van der Waals surface area contributed by atoms with Crippen molar-refractivity contribution >= 4 is 0 Å². The molecule has 0 atom stereocenters. The lowest BCUT2D eigenvalue weighted by molar-refractivity contribution is 0.198. The summed E-state index contributed by atoms with van der Waals surface area (Å²) in [6.07, 6.45) is 3.77. The molecule has 82 valence electrons. The molecule has 0 N–H and O–H groups in total. The van der Waals surface area contributed by atoms with Crippen LogP contribution >= 0.6 is 0 Å². The standard InChI is InChI=1S/C14H20O/c1-14(2,3)10-15-13-8-7-11-5-4-6-12(11)9-13/h7-9H,4-6,10H2,1-3H3. The van der Waals surface area contributed by atoms with Gasteiger partial charge >= 0.3 is 0 Å². The van der Waals surface area contributed by atoms with Crippen molar-refractivity contribution in [3.63, 3.8) is 0 Å². The van der Waals surface area contributed by atoms with Crippen molar-refractivity contribution in [2.24, 2.45) is 5.41 Å². The predicted octanol–water partition coefficient (Wildman–Crippen LogP) is 3.60. The number of aryl methyl sites for hydroxylation is 2. The lowest BCUT2D eigenvalue weighted by Gasteiger charge is -2.19. The van der Waals surface area contributed by atoms with Crippen LogP contribution in [0.1, 0.15) is 38.3 Å². The third-order valence-corrected chi connectivity index (χ3v) is 2.74. The first-order valence-electron chi connectivity index (χ1n) is 5.79. The van der Waals surface area contributed by atoms with Gasteiger partial charge in [-0.2, -0.15) is 0 Å². The van der Waals surface area contributed by atoms with Gasteiger partial charge in [-0.15, -0.1) is 0 Å². The summed E-state index contributed by atoms with van der Waals surface area (Å²) in [6.45, 7) is 7.37. The molecule has 2 rings (SSSR count). The quantitative estimate of drug-likeness (QED) is 0.715. The molecule has 1 aliphatic carbocycles. The van der Waals surface area contributed by atoms with E-state index in [1.165, 1.54) is 30.4 Å². The first-order valence-corrected chi connectivity index (χ1v) is 5.79. The number of benzene rings is 1. The number of hydrogen-bond acceptors (Lipinski definition) is 1. The van der Waals surface area contributed by atoms with E-state index in [2.05, 4.69) is 39.0 Å². The van der Waals surface area contributed by atoms with Crippen molar-refractivity contribution in [2.45, 2.75) is 40.0 Å². The van der Waals surface area contributed by atoms with Crippen LogP contribution in [0.3, 0.4) is 0 Å². The monoisotopic (exact) mass is 204 g/mol. The maximum atomic E-state index is 5.80. The van der Waals surface area contributed by atoms with E-state index < -0.39 is 0 Å². The van der Waals surface area contributed by atoms with Gasteiger partial charge in [0.1, 0.15) is 5.75 Å². The molecule has 0 unspecified atom stereocenters. The van der Waals surface area contributed by atoms with Gasteiger partial charge in [0.05, 0.1) is 6.61 Å². The molecule has 0 heterocycles. The fourth-order valence-corrected chi connectivity index (χ4v) is 1.94. The average Bonchev–Trinajstić information content (AvgIpc) is 2.60. The lowest BCUT2D eigenvalue weighted by Crippen LogP contribution is -2.16. The molecule has 1 nitrogen and oxygen atoms in total. The highest BCUT2D eigenvalue weighted by atomic mass is 16.5. The molecule has 0 aliphatic heterocycles. The van der Waals surface area contributed by atoms with E-state index in [1.54, 1.807) is 0 Å². The zero-order chi connectivity index (χ0) is 10.9. The minimum Gasteiger partial charge on any atom is -0.493 e. The number of rotatable bonds is 2. The van der Waals surface area contributed by atoms with E-state index in [-0.39, 0.29) is 5.41 Å². The number of hydrogen-bond donors (Lipinski definition) is 0. The molecule has 0 saturated carbocycles. The molecule has 0 radical (unpaired) electrons. The van der Waals surface area contributed by atoms with Crippen molar-refractivity contribution in [3.8, 4) is 5.75 Å². The number of ether oxygens (including phenoxy) is 1. The predicted molar refractivity (Wildman–Crippen MR) is 63.4 cm³/mol. The highest BCUT2D eigenvalue weighted by molar-refractivity contribution is 5.38. The molecular weight excluding hydrogens is 184 g/mol. The van der Waals surface area contributed by atoms with Crippen LogP contribution < -0.4 is 4.74 Å². The molecular formula is C14H20O. The van der Waals surface area contributed by atoms with Crippen molar-refractivity contribution < 1.29 is 4.74 Å². The Balaban J connectivity index is 2.04. The normalized spacial score (nSPS) is 15.1. The molecule has 0 saturated heterocycles. The zero-order valence-corrected chi connectivity index (χ0v) is 9.97. The molecule has 0 bridgehead atoms. The van der Waals surface area contributed by atoms with E-state index in [4.69, 9.17) is 4.74 Å². The second-order valence-corrected chi connectivity index (χ2v) is 5.63. The zero-order valence-electron chi connectivity index (χ0n) is 9.97. The first kappa shape index (κ1) is 10.5. The van der Waals surface area contributed by atoms with E-state index in [0.717, 1.165) is 12.4 Å². The fourth-order valence-electron chi connectivity index (χ4n) is 1.94. The average molecular weight is 204 g/mol. The van der Waals surface area contributed by atoms with Crippen LogP contribution in [0.4, 0.5) is 0 Å². The van der Waals surface area contributed by atoms with Crippen LogP contribution in [0.5, 0.6) is 5.75 Å². The van der Waals surface area contributed by atoms with E-state index in [0.29, 0.717) is 0 Å². The number of fused-ring (bicyclic) bond motifs is 1. The Bertz CT molecular complexity index is 347. The molecule has 1 aromatic carbocycles. The smallest absolute Gasteiger partial charge is 0.119 e. The largest absolute Gasteiger partial charge is 0.493 e. The summed E-state index contributed by atoms with van der Waals surface area (Å²) in [5.41, 5.74) is 3.23. The molecule has 0 aromatic heterocycles. The summed E-state index contributed by atoms with van der Waals surface area (Å²) >= 11 is 0. The molecule has 1 aromatic rings. The Morgan fingerprint density at radius 2 is 1.87 bits per heavy atom. The Labute approximate surface area is 92.5 Å². The Hall–Kier alpha value is -0.980. The maximum absolute atomic E-state index is 5.80. The third-order valence-electron chi connectivity index (χ3n) is 2.74. The molecule has 1 aliphatic rings. The van der Waals surface area contributed by atoms with Crippen LogP contribution in [-0.2, 0) is 12.8 Å². The summed E-state index contributed by atoms with van der Waals surface area (Å²) < 4.78 is 5.80. The molecule has 1 heteroatoms. The maximum Gasteiger partial charge on any atom is 0.119 e. The van der Waals surface area contributed by atoms with Gasteiger partial charge in [-0.25, -0.2) is 0 Å². The minimum atomic E-state index is 0.235. The van der Waals surface area contributed by atoms with Crippen LogP contribution in [0, 0.1) is 5.41 Å². The van der Waals surface area contributed by atoms with Gasteiger partial charge in [0, 0.05) is 0 Å². The summed E-state index contributed by atoms with van der Waals surface area (Å²) in [5, 5.41) is 0. The summed E-state index contributed by atoms with van der Waals surface area (Å²) in [6, 6.07) is 6.55. The van der Waals surface area contributed by atoms with E-state index in [1.807, 2.05) is 0 Å². The SMILES string of the molecule is CC(C)(C)COc1ccc2c(c1)CCC2. The first-order chi connectivity index (χ1) is 7.04. The Kier molecular flexibility index (Phi) is 2.72. The second-order valence-electron chi connectivity index (χ2n) is 5.63. The summed E-state index contributed by atoms with van der Waals surface area (Å²) in [5.74, 6) is 1.03. The van der Waals surface area contributed by atoms with Crippen LogP contribution in [0.25, 0.3) is 0 Å². The third kappa shape index (κ3) is 2.74. The molecule has 15 heavy (non-hydrogen) atoms. The fraction of sp³-hybridized carbons (Fsp3) is 0.571. The van der Waals surface area contributed by atoms with Crippen LogP contribution in [-0.4, -0.2) is 6.61 Å². The van der Waals surface area contributed by atoms with Crippen molar-refractivity contribution in [1.29, 1.82) is 0 Å². The van der Waals surface area contributed by atoms with Gasteiger partial charge in [0.2, 0.25) is 0 Å². The van der Waals surface area contributed by atoms with Gasteiger partial charge < -0.3 is 4.74 Å². The minimum absolute atomic E-state index is 0.235. The summed E-state index contributed by atoms with van der Waals surface area (Å²) in [4.78, 5) is 0. The highest BCUT2D eigenvalue weighted by Crippen LogP contribution is 2.27. The molecule has 0 spiro atoms. The topological polar surface area (TPSA) is 9.23 Å². The van der Waals surface area contributed by atoms with Gasteiger partial charge in [-0.3, -0.25) is 0 Å². The van der Waals surface area contributed by atoms with Gasteiger partial charge in [0.25, 0.3) is 0 Å². The lowest BCUT2D eigenvalue weighted by atomic mass is 9.99. The van der Waals surface area contributed by atoms with Gasteiger partial charge in [-0.1, -0.05) is 26.8 Å². The summed E-state index contributed by atoms with van der Waals surface area (Å²) in [7, 11) is 0. The van der Waals surface area contributed by atoms with Crippen LogP contribution in [0.15, 0.2) is 18.2 Å². The van der Waals surface area contributed by atoms with Crippen molar-refractivity contribution in [2.75, 3.05) is 6.61 Å².